The number of likely N-dealkylation sites (tertiary alicyclic amines) is 1. The molecule has 0 bridgehead atoms. The third-order valence-corrected chi connectivity index (χ3v) is 3.10. The largest absolute Gasteiger partial charge is 0.338 e. The second-order valence-corrected chi connectivity index (χ2v) is 4.93. The van der Waals surface area contributed by atoms with Gasteiger partial charge >= 0.3 is 6.03 Å². The van der Waals surface area contributed by atoms with Gasteiger partial charge in [-0.2, -0.15) is 0 Å². The lowest BCUT2D eigenvalue weighted by Crippen LogP contribution is -2.46. The normalized spacial score (nSPS) is 18.8. The van der Waals surface area contributed by atoms with Gasteiger partial charge in [-0.3, -0.25) is 14.5 Å². The number of hydrogen-bond donors (Lipinski definition) is 2. The van der Waals surface area contributed by atoms with Crippen LogP contribution in [0.5, 0.6) is 0 Å². The van der Waals surface area contributed by atoms with Crippen molar-refractivity contribution in [2.75, 3.05) is 19.6 Å². The first kappa shape index (κ1) is 15.4. The van der Waals surface area contributed by atoms with E-state index in [9.17, 15) is 14.4 Å². The lowest BCUT2D eigenvalue weighted by Gasteiger charge is -2.22. The van der Waals surface area contributed by atoms with Crippen LogP contribution in [0.2, 0.25) is 0 Å². The summed E-state index contributed by atoms with van der Waals surface area (Å²) in [6.45, 7) is 5.06. The summed E-state index contributed by atoms with van der Waals surface area (Å²) in [6.07, 6.45) is 1.34. The number of rotatable bonds is 6. The van der Waals surface area contributed by atoms with Crippen molar-refractivity contribution in [3.8, 4) is 0 Å². The van der Waals surface area contributed by atoms with Gasteiger partial charge in [0.05, 0.1) is 6.04 Å². The molecule has 0 aromatic heterocycles. The van der Waals surface area contributed by atoms with Crippen molar-refractivity contribution >= 4 is 18.3 Å². The van der Waals surface area contributed by atoms with Gasteiger partial charge in [0.15, 0.2) is 0 Å². The molecular formula is C12H22N4O3. The summed E-state index contributed by atoms with van der Waals surface area (Å²) in [4.78, 5) is 37.1. The van der Waals surface area contributed by atoms with E-state index in [4.69, 9.17) is 5.73 Å². The Morgan fingerprint density at radius 2 is 2.32 bits per heavy atom. The van der Waals surface area contributed by atoms with Crippen LogP contribution < -0.4 is 11.1 Å². The van der Waals surface area contributed by atoms with Crippen LogP contribution in [0.4, 0.5) is 4.79 Å². The predicted molar refractivity (Wildman–Crippen MR) is 70.2 cm³/mol. The maximum absolute atomic E-state index is 11.8. The van der Waals surface area contributed by atoms with Gasteiger partial charge in [0.25, 0.3) is 0 Å². The third-order valence-electron chi connectivity index (χ3n) is 3.10. The summed E-state index contributed by atoms with van der Waals surface area (Å²) in [6, 6.07) is -0.580. The molecule has 19 heavy (non-hydrogen) atoms. The molecule has 0 saturated carbocycles. The lowest BCUT2D eigenvalue weighted by atomic mass is 10.2. The summed E-state index contributed by atoms with van der Waals surface area (Å²) in [5, 5.41) is 2.71. The van der Waals surface area contributed by atoms with E-state index < -0.39 is 6.03 Å². The number of nitrogens with one attached hydrogen (secondary N) is 1. The molecule has 1 unspecified atom stereocenters. The molecule has 1 atom stereocenters. The molecule has 1 fully saturated rings. The zero-order valence-corrected chi connectivity index (χ0v) is 11.5. The average molecular weight is 270 g/mol. The van der Waals surface area contributed by atoms with Crippen molar-refractivity contribution < 1.29 is 14.4 Å². The van der Waals surface area contributed by atoms with Crippen LogP contribution in [-0.4, -0.2) is 59.9 Å². The second-order valence-electron chi connectivity index (χ2n) is 4.93. The number of hydrogen-bond acceptors (Lipinski definition) is 4. The van der Waals surface area contributed by atoms with Crippen molar-refractivity contribution in [2.45, 2.75) is 38.8 Å². The van der Waals surface area contributed by atoms with Gasteiger partial charge < -0.3 is 16.0 Å². The van der Waals surface area contributed by atoms with Crippen molar-refractivity contribution in [3.63, 3.8) is 0 Å². The standard InChI is InChI=1S/C12H22N4O3/c1-9(2)16-7-10(6-11(16)18)14-12(19)15(8-17)5-3-4-13/h8-10H,3-7,13H2,1-2H3,(H,14,19). The topological polar surface area (TPSA) is 95.7 Å². The Kier molecular flexibility index (Phi) is 5.75. The Balaban J connectivity index is 2.49. The molecule has 1 aliphatic heterocycles. The molecule has 1 saturated heterocycles. The van der Waals surface area contributed by atoms with Crippen molar-refractivity contribution in [1.82, 2.24) is 15.1 Å². The number of carbonyl (C=O) groups excluding carboxylic acids is 3. The maximum atomic E-state index is 11.8. The number of amides is 4. The highest BCUT2D eigenvalue weighted by Crippen LogP contribution is 2.14. The minimum atomic E-state index is -0.466. The Bertz CT molecular complexity index is 346. The van der Waals surface area contributed by atoms with Gasteiger partial charge in [0, 0.05) is 25.6 Å². The van der Waals surface area contributed by atoms with Crippen LogP contribution in [0.1, 0.15) is 26.7 Å². The van der Waals surface area contributed by atoms with Crippen LogP contribution in [-0.2, 0) is 9.59 Å². The van der Waals surface area contributed by atoms with Crippen molar-refractivity contribution in [3.05, 3.63) is 0 Å². The third kappa shape index (κ3) is 4.20. The van der Waals surface area contributed by atoms with Crippen LogP contribution in [0, 0.1) is 0 Å². The van der Waals surface area contributed by atoms with Gasteiger partial charge in [-0.25, -0.2) is 4.79 Å². The van der Waals surface area contributed by atoms with Gasteiger partial charge in [0.2, 0.25) is 12.3 Å². The molecule has 0 aromatic rings. The lowest BCUT2D eigenvalue weighted by molar-refractivity contribution is -0.129. The summed E-state index contributed by atoms with van der Waals surface area (Å²) in [5.41, 5.74) is 5.34. The van der Waals surface area contributed by atoms with Crippen LogP contribution in [0.3, 0.4) is 0 Å². The summed E-state index contributed by atoms with van der Waals surface area (Å²) in [5.74, 6) is 0.0277. The van der Waals surface area contributed by atoms with E-state index in [2.05, 4.69) is 5.32 Å². The zero-order valence-electron chi connectivity index (χ0n) is 11.5. The molecule has 0 aromatic carbocycles. The molecule has 108 valence electrons. The van der Waals surface area contributed by atoms with E-state index in [0.29, 0.717) is 32.5 Å². The molecule has 0 spiro atoms. The first-order chi connectivity index (χ1) is 8.99. The Morgan fingerprint density at radius 1 is 1.63 bits per heavy atom. The summed E-state index contributed by atoms with van der Waals surface area (Å²) < 4.78 is 0. The van der Waals surface area contributed by atoms with Gasteiger partial charge in [-0.1, -0.05) is 0 Å². The molecule has 1 heterocycles. The fourth-order valence-electron chi connectivity index (χ4n) is 2.05. The fourth-order valence-corrected chi connectivity index (χ4v) is 2.05. The second kappa shape index (κ2) is 7.08. The van der Waals surface area contributed by atoms with Crippen molar-refractivity contribution in [2.24, 2.45) is 5.73 Å². The fraction of sp³-hybridized carbons (Fsp3) is 0.750. The predicted octanol–water partition coefficient (Wildman–Crippen LogP) is -0.487. The Labute approximate surface area is 113 Å². The molecule has 7 nitrogen and oxygen atoms in total. The van der Waals surface area contributed by atoms with Gasteiger partial charge in [0.1, 0.15) is 0 Å². The van der Waals surface area contributed by atoms with Crippen LogP contribution >= 0.6 is 0 Å². The highest BCUT2D eigenvalue weighted by atomic mass is 16.2. The first-order valence-electron chi connectivity index (χ1n) is 6.51. The minimum Gasteiger partial charge on any atom is -0.338 e. The SMILES string of the molecule is CC(C)N1CC(NC(=O)N(C=O)CCCN)CC1=O. The van der Waals surface area contributed by atoms with Gasteiger partial charge in [-0.05, 0) is 26.8 Å². The van der Waals surface area contributed by atoms with Crippen molar-refractivity contribution in [1.29, 1.82) is 0 Å². The number of urea groups is 1. The zero-order chi connectivity index (χ0) is 14.4. The number of imide groups is 1. The summed E-state index contributed by atoms with van der Waals surface area (Å²) >= 11 is 0. The van der Waals surface area contributed by atoms with E-state index in [-0.39, 0.29) is 24.4 Å². The quantitative estimate of drug-likeness (QED) is 0.637. The molecule has 1 aliphatic rings. The maximum Gasteiger partial charge on any atom is 0.324 e. The minimum absolute atomic E-state index is 0.0277. The molecule has 4 amide bonds. The molecular weight excluding hydrogens is 248 g/mol. The van der Waals surface area contributed by atoms with E-state index in [1.165, 1.54) is 0 Å². The number of carbonyl (C=O) groups is 3. The molecule has 3 N–H and O–H groups in total. The number of nitrogens with two attached hydrogens (primary N) is 1. The van der Waals surface area contributed by atoms with Crippen LogP contribution in [0.25, 0.3) is 0 Å². The monoisotopic (exact) mass is 270 g/mol. The highest BCUT2D eigenvalue weighted by molar-refractivity contribution is 5.86. The Hall–Kier alpha value is -1.63. The smallest absolute Gasteiger partial charge is 0.324 e. The van der Waals surface area contributed by atoms with E-state index in [1.807, 2.05) is 13.8 Å². The van der Waals surface area contributed by atoms with Gasteiger partial charge in [-0.15, -0.1) is 0 Å². The van der Waals surface area contributed by atoms with E-state index in [0.717, 1.165) is 4.90 Å². The first-order valence-corrected chi connectivity index (χ1v) is 6.51. The molecule has 7 heteroatoms. The average Bonchev–Trinajstić information content (AvgIpc) is 2.71. The summed E-state index contributed by atoms with van der Waals surface area (Å²) in [7, 11) is 0. The van der Waals surface area contributed by atoms with E-state index >= 15 is 0 Å². The Morgan fingerprint density at radius 3 is 2.79 bits per heavy atom. The van der Waals surface area contributed by atoms with E-state index in [1.54, 1.807) is 4.90 Å². The highest BCUT2D eigenvalue weighted by Gasteiger charge is 2.32. The molecule has 1 rings (SSSR count). The number of nitrogens with zero attached hydrogens (tertiary/aromatic N) is 2. The van der Waals surface area contributed by atoms with Crippen LogP contribution in [0.15, 0.2) is 0 Å². The molecule has 0 aliphatic carbocycles. The molecule has 0 radical (unpaired) electrons.